The number of hydrogen-bond donors (Lipinski definition) is 2. The Morgan fingerprint density at radius 3 is 2.85 bits per heavy atom. The van der Waals surface area contributed by atoms with Gasteiger partial charge in [-0.1, -0.05) is 19.3 Å². The number of furan rings is 1. The number of nitrogens with one attached hydrogen (secondary N) is 1. The van der Waals surface area contributed by atoms with Crippen LogP contribution < -0.4 is 5.32 Å². The zero-order chi connectivity index (χ0) is 18.5. The van der Waals surface area contributed by atoms with Gasteiger partial charge < -0.3 is 24.5 Å². The third kappa shape index (κ3) is 4.65. The van der Waals surface area contributed by atoms with E-state index in [4.69, 9.17) is 9.15 Å². The molecule has 1 aromatic rings. The standard InChI is InChI=1S/C19H28N2O5/c1-13(26-16-6-3-2-4-7-16)18(23)20-11-14-10-15(22)12-21(14)19(24)17-8-5-9-25-17/h5,8-9,13-16,22H,2-4,6-7,10-12H2,1H3,(H,20,23)/t13?,14-,15+/m0/s1. The van der Waals surface area contributed by atoms with Gasteiger partial charge >= 0.3 is 0 Å². The van der Waals surface area contributed by atoms with Crippen molar-refractivity contribution in [1.29, 1.82) is 0 Å². The monoisotopic (exact) mass is 364 g/mol. The molecule has 0 radical (unpaired) electrons. The molecular formula is C19H28N2O5. The van der Waals surface area contributed by atoms with Gasteiger partial charge in [-0.15, -0.1) is 0 Å². The van der Waals surface area contributed by atoms with E-state index in [2.05, 4.69) is 5.32 Å². The first-order valence-corrected chi connectivity index (χ1v) is 9.50. The van der Waals surface area contributed by atoms with Crippen LogP contribution in [0, 0.1) is 0 Å². The summed E-state index contributed by atoms with van der Waals surface area (Å²) in [4.78, 5) is 26.4. The summed E-state index contributed by atoms with van der Waals surface area (Å²) in [7, 11) is 0. The summed E-state index contributed by atoms with van der Waals surface area (Å²) in [6.45, 7) is 2.30. The molecule has 0 spiro atoms. The van der Waals surface area contributed by atoms with E-state index in [0.29, 0.717) is 13.0 Å². The topological polar surface area (TPSA) is 92.0 Å². The zero-order valence-corrected chi connectivity index (χ0v) is 15.2. The summed E-state index contributed by atoms with van der Waals surface area (Å²) in [5.41, 5.74) is 0. The number of aliphatic hydroxyl groups is 1. The Balaban J connectivity index is 1.50. The Kier molecular flexibility index (Phi) is 6.32. The van der Waals surface area contributed by atoms with Gasteiger partial charge in [-0.2, -0.15) is 0 Å². The van der Waals surface area contributed by atoms with Crippen molar-refractivity contribution in [1.82, 2.24) is 10.2 Å². The molecule has 0 bridgehead atoms. The minimum absolute atomic E-state index is 0.162. The third-order valence-electron chi connectivity index (χ3n) is 5.22. The molecule has 1 saturated carbocycles. The Labute approximate surface area is 153 Å². The van der Waals surface area contributed by atoms with Crippen LogP contribution in [-0.4, -0.2) is 59.3 Å². The van der Waals surface area contributed by atoms with Crippen molar-refractivity contribution in [2.45, 2.75) is 69.8 Å². The van der Waals surface area contributed by atoms with Gasteiger partial charge in [0.15, 0.2) is 5.76 Å². The molecule has 2 amide bonds. The molecule has 7 nitrogen and oxygen atoms in total. The van der Waals surface area contributed by atoms with Crippen LogP contribution in [0.15, 0.2) is 22.8 Å². The van der Waals surface area contributed by atoms with Gasteiger partial charge in [-0.05, 0) is 38.3 Å². The number of ether oxygens (including phenoxy) is 1. The van der Waals surface area contributed by atoms with Crippen LogP contribution in [0.5, 0.6) is 0 Å². The highest BCUT2D eigenvalue weighted by atomic mass is 16.5. The highest BCUT2D eigenvalue weighted by molar-refractivity contribution is 5.92. The molecule has 0 aromatic carbocycles. The van der Waals surface area contributed by atoms with E-state index in [-0.39, 0.29) is 36.3 Å². The minimum Gasteiger partial charge on any atom is -0.459 e. The van der Waals surface area contributed by atoms with Crippen LogP contribution in [0.2, 0.25) is 0 Å². The van der Waals surface area contributed by atoms with Crippen LogP contribution in [0.1, 0.15) is 56.0 Å². The fraction of sp³-hybridized carbons (Fsp3) is 0.684. The predicted molar refractivity (Wildman–Crippen MR) is 94.6 cm³/mol. The molecule has 2 heterocycles. The number of amides is 2. The van der Waals surface area contributed by atoms with E-state index in [1.165, 1.54) is 12.7 Å². The second kappa shape index (κ2) is 8.68. The number of β-amino-alcohol motifs (C(OH)–C–C–N with tert-alkyl or cyclic N) is 1. The van der Waals surface area contributed by atoms with E-state index in [1.54, 1.807) is 24.0 Å². The largest absolute Gasteiger partial charge is 0.459 e. The van der Waals surface area contributed by atoms with Crippen molar-refractivity contribution in [3.05, 3.63) is 24.2 Å². The lowest BCUT2D eigenvalue weighted by Gasteiger charge is -2.27. The quantitative estimate of drug-likeness (QED) is 0.802. The number of carbonyl (C=O) groups excluding carboxylic acids is 2. The number of aliphatic hydroxyl groups excluding tert-OH is 1. The molecule has 2 fully saturated rings. The van der Waals surface area contributed by atoms with Gasteiger partial charge in [-0.3, -0.25) is 9.59 Å². The number of carbonyl (C=O) groups is 2. The second-order valence-electron chi connectivity index (χ2n) is 7.26. The average molecular weight is 364 g/mol. The van der Waals surface area contributed by atoms with E-state index < -0.39 is 12.2 Å². The molecule has 1 saturated heterocycles. The van der Waals surface area contributed by atoms with Crippen LogP contribution in [0.25, 0.3) is 0 Å². The molecular weight excluding hydrogens is 336 g/mol. The van der Waals surface area contributed by atoms with E-state index in [9.17, 15) is 14.7 Å². The summed E-state index contributed by atoms with van der Waals surface area (Å²) in [5.74, 6) is -0.205. The summed E-state index contributed by atoms with van der Waals surface area (Å²) in [6.07, 6.45) is 6.51. The van der Waals surface area contributed by atoms with Gasteiger partial charge in [0.2, 0.25) is 5.91 Å². The number of rotatable bonds is 6. The second-order valence-corrected chi connectivity index (χ2v) is 7.26. The van der Waals surface area contributed by atoms with Gasteiger partial charge in [0.05, 0.1) is 24.5 Å². The molecule has 7 heteroatoms. The summed E-state index contributed by atoms with van der Waals surface area (Å²) < 4.78 is 11.0. The van der Waals surface area contributed by atoms with Crippen LogP contribution in [-0.2, 0) is 9.53 Å². The zero-order valence-electron chi connectivity index (χ0n) is 15.2. The first-order chi connectivity index (χ1) is 12.5. The number of nitrogens with zero attached hydrogens (tertiary/aromatic N) is 1. The molecule has 2 aliphatic rings. The highest BCUT2D eigenvalue weighted by Crippen LogP contribution is 2.22. The summed E-state index contributed by atoms with van der Waals surface area (Å²) in [5, 5.41) is 12.8. The molecule has 26 heavy (non-hydrogen) atoms. The first-order valence-electron chi connectivity index (χ1n) is 9.50. The van der Waals surface area contributed by atoms with Gasteiger partial charge in [0.25, 0.3) is 5.91 Å². The Hall–Kier alpha value is -1.86. The molecule has 1 aliphatic carbocycles. The predicted octanol–water partition coefficient (Wildman–Crippen LogP) is 1.71. The fourth-order valence-electron chi connectivity index (χ4n) is 3.79. The van der Waals surface area contributed by atoms with E-state index in [1.807, 2.05) is 0 Å². The van der Waals surface area contributed by atoms with Crippen LogP contribution >= 0.6 is 0 Å². The maximum absolute atomic E-state index is 12.5. The molecule has 1 aromatic heterocycles. The summed E-state index contributed by atoms with van der Waals surface area (Å²) in [6, 6.07) is 3.00. The van der Waals surface area contributed by atoms with Crippen molar-refractivity contribution in [3.63, 3.8) is 0 Å². The van der Waals surface area contributed by atoms with Gasteiger partial charge in [-0.25, -0.2) is 0 Å². The smallest absolute Gasteiger partial charge is 0.289 e. The van der Waals surface area contributed by atoms with E-state index >= 15 is 0 Å². The van der Waals surface area contributed by atoms with Crippen molar-refractivity contribution in [3.8, 4) is 0 Å². The highest BCUT2D eigenvalue weighted by Gasteiger charge is 2.36. The molecule has 2 N–H and O–H groups in total. The first kappa shape index (κ1) is 18.9. The Morgan fingerprint density at radius 1 is 1.38 bits per heavy atom. The fourth-order valence-corrected chi connectivity index (χ4v) is 3.79. The summed E-state index contributed by atoms with van der Waals surface area (Å²) >= 11 is 0. The van der Waals surface area contributed by atoms with Gasteiger partial charge in [0, 0.05) is 13.1 Å². The molecule has 3 atom stereocenters. The average Bonchev–Trinajstić information content (AvgIpc) is 3.29. The lowest BCUT2D eigenvalue weighted by atomic mass is 9.97. The third-order valence-corrected chi connectivity index (χ3v) is 5.22. The Morgan fingerprint density at radius 2 is 2.15 bits per heavy atom. The SMILES string of the molecule is CC(OC1CCCCC1)C(=O)NC[C@@H]1C[C@@H](O)CN1C(=O)c1ccco1. The number of hydrogen-bond acceptors (Lipinski definition) is 5. The maximum atomic E-state index is 12.5. The van der Waals surface area contributed by atoms with Crippen LogP contribution in [0.4, 0.5) is 0 Å². The van der Waals surface area contributed by atoms with Crippen molar-refractivity contribution in [2.75, 3.05) is 13.1 Å². The maximum Gasteiger partial charge on any atom is 0.289 e. The normalized spacial score (nSPS) is 25.2. The van der Waals surface area contributed by atoms with Crippen molar-refractivity contribution < 1.29 is 23.8 Å². The lowest BCUT2D eigenvalue weighted by molar-refractivity contribution is -0.136. The minimum atomic E-state index is -0.591. The Bertz CT molecular complexity index is 597. The molecule has 1 aliphatic heterocycles. The van der Waals surface area contributed by atoms with Crippen molar-refractivity contribution >= 4 is 11.8 Å². The van der Waals surface area contributed by atoms with Crippen LogP contribution in [0.3, 0.4) is 0 Å². The molecule has 3 rings (SSSR count). The van der Waals surface area contributed by atoms with Crippen molar-refractivity contribution in [2.24, 2.45) is 0 Å². The lowest BCUT2D eigenvalue weighted by Crippen LogP contribution is -2.46. The number of likely N-dealkylation sites (tertiary alicyclic amines) is 1. The van der Waals surface area contributed by atoms with E-state index in [0.717, 1.165) is 25.7 Å². The van der Waals surface area contributed by atoms with Gasteiger partial charge in [0.1, 0.15) is 6.10 Å². The molecule has 1 unspecified atom stereocenters. The molecule has 144 valence electrons.